The van der Waals surface area contributed by atoms with E-state index in [1.807, 2.05) is 13.8 Å². The summed E-state index contributed by atoms with van der Waals surface area (Å²) < 4.78 is 70.5. The monoisotopic (exact) mass is 697 g/mol. The summed E-state index contributed by atoms with van der Waals surface area (Å²) in [7, 11) is -4.61. The molecule has 3 aromatic rings. The van der Waals surface area contributed by atoms with Gasteiger partial charge in [0.1, 0.15) is 9.96 Å². The van der Waals surface area contributed by atoms with Crippen LogP contribution in [0.25, 0.3) is 0 Å². The molecule has 2 N–H and O–H groups in total. The van der Waals surface area contributed by atoms with Gasteiger partial charge in [0, 0.05) is 51.6 Å². The molecule has 1 aliphatic heterocycles. The van der Waals surface area contributed by atoms with Crippen LogP contribution in [0.15, 0.2) is 57.5 Å². The molecule has 0 radical (unpaired) electrons. The summed E-state index contributed by atoms with van der Waals surface area (Å²) in [4.78, 5) is 19.7. The first-order chi connectivity index (χ1) is 21.7. The molecule has 0 saturated heterocycles. The Morgan fingerprint density at radius 3 is 2.61 bits per heavy atom. The summed E-state index contributed by atoms with van der Waals surface area (Å²) in [6, 6.07) is 7.13. The number of nitrogens with zero attached hydrogens (tertiary/aromatic N) is 4. The number of nitrogens with one attached hydrogen (secondary N) is 1. The van der Waals surface area contributed by atoms with E-state index in [9.17, 15) is 26.7 Å². The molecule has 0 saturated carbocycles. The van der Waals surface area contributed by atoms with E-state index in [2.05, 4.69) is 9.71 Å². The molecule has 254 valence electrons. The van der Waals surface area contributed by atoms with Crippen LogP contribution >= 0.6 is 11.3 Å². The average molecular weight is 698 g/mol. The van der Waals surface area contributed by atoms with E-state index in [0.717, 1.165) is 24.2 Å². The number of thiophene rings is 1. The van der Waals surface area contributed by atoms with Gasteiger partial charge in [-0.2, -0.15) is 12.7 Å². The molecule has 46 heavy (non-hydrogen) atoms. The average Bonchev–Trinajstić information content (AvgIpc) is 3.71. The van der Waals surface area contributed by atoms with Crippen molar-refractivity contribution in [2.24, 2.45) is 13.0 Å². The molecule has 0 unspecified atom stereocenters. The maximum absolute atomic E-state index is 14.3. The van der Waals surface area contributed by atoms with Crippen LogP contribution in [-0.4, -0.2) is 98.2 Å². The van der Waals surface area contributed by atoms with Gasteiger partial charge in [0.15, 0.2) is 5.03 Å². The Kier molecular flexibility index (Phi) is 11.9. The van der Waals surface area contributed by atoms with Gasteiger partial charge in [0.2, 0.25) is 0 Å². The largest absolute Gasteiger partial charge is 0.490 e. The SMILES string of the molecule is C[C@@H]1CCCCO[C@@H](CN(C)S(=O)(=O)c2cccs2)[C@H](C)CN([C@@H](C)CO)C(=O)c2cc(NS(=O)(=O)c3cn(C)cn3)ccc2O1. The molecule has 0 aliphatic carbocycles. The van der Waals surface area contributed by atoms with Crippen LogP contribution in [0.3, 0.4) is 0 Å². The Morgan fingerprint density at radius 2 is 1.96 bits per heavy atom. The first kappa shape index (κ1) is 35.8. The number of imidazole rings is 1. The lowest BCUT2D eigenvalue weighted by molar-refractivity contribution is -0.00832. The van der Waals surface area contributed by atoms with Crippen LogP contribution in [0.4, 0.5) is 5.69 Å². The van der Waals surface area contributed by atoms with E-state index >= 15 is 0 Å². The summed E-state index contributed by atoms with van der Waals surface area (Å²) in [6.45, 7) is 5.71. The Bertz CT molecular complexity index is 1680. The lowest BCUT2D eigenvalue weighted by atomic mass is 10.0. The van der Waals surface area contributed by atoms with Crippen LogP contribution in [-0.2, 0) is 31.8 Å². The third-order valence-electron chi connectivity index (χ3n) is 7.86. The number of hydrogen-bond acceptors (Lipinski definition) is 10. The number of ether oxygens (including phenoxy) is 2. The zero-order valence-corrected chi connectivity index (χ0v) is 29.1. The van der Waals surface area contributed by atoms with Gasteiger partial charge in [-0.1, -0.05) is 13.0 Å². The molecule has 3 heterocycles. The van der Waals surface area contributed by atoms with E-state index in [1.54, 1.807) is 37.6 Å². The number of rotatable bonds is 9. The molecular formula is C30H43N5O8S3. The number of aliphatic hydroxyl groups excluding tert-OH is 1. The number of carbonyl (C=O) groups is 1. The van der Waals surface area contributed by atoms with Gasteiger partial charge in [-0.25, -0.2) is 13.4 Å². The van der Waals surface area contributed by atoms with Gasteiger partial charge in [0.05, 0.1) is 36.7 Å². The molecule has 16 heteroatoms. The number of aliphatic hydroxyl groups is 1. The lowest BCUT2D eigenvalue weighted by Crippen LogP contribution is -2.48. The normalized spacial score (nSPS) is 21.3. The number of carbonyl (C=O) groups excluding carboxylic acids is 1. The fraction of sp³-hybridized carbons (Fsp3) is 0.533. The molecule has 2 aromatic heterocycles. The summed E-state index contributed by atoms with van der Waals surface area (Å²) in [5.74, 6) is -0.548. The van der Waals surface area contributed by atoms with Crippen LogP contribution in [0.2, 0.25) is 0 Å². The Hall–Kier alpha value is -3.02. The van der Waals surface area contributed by atoms with Crippen molar-refractivity contribution in [2.75, 3.05) is 38.1 Å². The van der Waals surface area contributed by atoms with Crippen molar-refractivity contribution in [1.82, 2.24) is 18.8 Å². The van der Waals surface area contributed by atoms with Gasteiger partial charge in [-0.15, -0.1) is 11.3 Å². The van der Waals surface area contributed by atoms with E-state index in [4.69, 9.17) is 9.47 Å². The standard InChI is InChI=1S/C30H43N5O8S3/c1-21-16-35(22(2)19-36)30(37)25-15-24(32-45(38,39)28-18-33(4)20-31-28)11-12-26(25)43-23(3)9-6-7-13-42-27(21)17-34(5)46(40,41)29-10-8-14-44-29/h8,10-12,14-15,18,20-23,27,32,36H,6-7,9,13,16-17,19H2,1-5H3/t21-,22+,23-,27+/m1/s1. The topological polar surface area (TPSA) is 160 Å². The maximum atomic E-state index is 14.3. The molecule has 0 bridgehead atoms. The highest BCUT2D eigenvalue weighted by Gasteiger charge is 2.33. The van der Waals surface area contributed by atoms with Crippen LogP contribution in [0.1, 0.15) is 50.4 Å². The lowest BCUT2D eigenvalue weighted by Gasteiger charge is -2.35. The summed E-state index contributed by atoms with van der Waals surface area (Å²) in [5, 5.41) is 11.7. The minimum atomic E-state index is -4.04. The molecule has 0 fully saturated rings. The van der Waals surface area contributed by atoms with Gasteiger partial charge < -0.3 is 24.0 Å². The van der Waals surface area contributed by atoms with Crippen molar-refractivity contribution in [3.63, 3.8) is 0 Å². The quantitative estimate of drug-likeness (QED) is 0.342. The number of sulfonamides is 2. The number of benzene rings is 1. The Morgan fingerprint density at radius 1 is 1.20 bits per heavy atom. The fourth-order valence-electron chi connectivity index (χ4n) is 5.10. The van der Waals surface area contributed by atoms with Gasteiger partial charge in [0.25, 0.3) is 26.0 Å². The van der Waals surface area contributed by atoms with Gasteiger partial charge in [-0.3, -0.25) is 9.52 Å². The number of hydrogen-bond donors (Lipinski definition) is 2. The van der Waals surface area contributed by atoms with E-state index in [0.29, 0.717) is 13.0 Å². The summed E-state index contributed by atoms with van der Waals surface area (Å²) >= 11 is 1.14. The Balaban J connectivity index is 1.68. The Labute approximate surface area is 275 Å². The predicted octanol–water partition coefficient (Wildman–Crippen LogP) is 3.40. The minimum Gasteiger partial charge on any atom is -0.490 e. The van der Waals surface area contributed by atoms with Crippen molar-refractivity contribution in [3.8, 4) is 5.75 Å². The molecule has 13 nitrogen and oxygen atoms in total. The molecular weight excluding hydrogens is 655 g/mol. The molecule has 0 spiro atoms. The van der Waals surface area contributed by atoms with Crippen molar-refractivity contribution >= 4 is 43.0 Å². The second-order valence-electron chi connectivity index (χ2n) is 11.7. The van der Waals surface area contributed by atoms with E-state index in [1.165, 1.54) is 45.5 Å². The predicted molar refractivity (Wildman–Crippen MR) is 175 cm³/mol. The molecule has 1 aromatic carbocycles. The highest BCUT2D eigenvalue weighted by molar-refractivity contribution is 7.92. The van der Waals surface area contributed by atoms with Crippen molar-refractivity contribution in [3.05, 3.63) is 53.8 Å². The maximum Gasteiger partial charge on any atom is 0.280 e. The second kappa shape index (κ2) is 15.3. The molecule has 1 amide bonds. The molecule has 1 aliphatic rings. The minimum absolute atomic E-state index is 0.0620. The molecule has 4 rings (SSSR count). The van der Waals surface area contributed by atoms with Gasteiger partial charge >= 0.3 is 0 Å². The number of amides is 1. The molecule has 4 atom stereocenters. The zero-order chi connectivity index (χ0) is 33.6. The fourth-order valence-corrected chi connectivity index (χ4v) is 8.52. The van der Waals surface area contributed by atoms with Gasteiger partial charge in [-0.05, 0) is 62.8 Å². The van der Waals surface area contributed by atoms with E-state index < -0.39 is 38.1 Å². The first-order valence-corrected chi connectivity index (χ1v) is 18.9. The highest BCUT2D eigenvalue weighted by Crippen LogP contribution is 2.30. The van der Waals surface area contributed by atoms with Crippen LogP contribution in [0, 0.1) is 5.92 Å². The smallest absolute Gasteiger partial charge is 0.280 e. The number of aromatic nitrogens is 2. The van der Waals surface area contributed by atoms with E-state index in [-0.39, 0.29) is 58.0 Å². The second-order valence-corrected chi connectivity index (χ2v) is 16.6. The third kappa shape index (κ3) is 8.66. The third-order valence-corrected chi connectivity index (χ3v) is 12.3. The van der Waals surface area contributed by atoms with Crippen molar-refractivity contribution in [1.29, 1.82) is 0 Å². The van der Waals surface area contributed by atoms with Crippen LogP contribution in [0.5, 0.6) is 5.75 Å². The first-order valence-electron chi connectivity index (χ1n) is 15.1. The van der Waals surface area contributed by atoms with Crippen molar-refractivity contribution in [2.45, 2.75) is 67.5 Å². The number of fused-ring (bicyclic) bond motifs is 1. The number of likely N-dealkylation sites (N-methyl/N-ethyl adjacent to an activating group) is 1. The van der Waals surface area contributed by atoms with Crippen LogP contribution < -0.4 is 9.46 Å². The highest BCUT2D eigenvalue weighted by atomic mass is 32.2. The summed E-state index contributed by atoms with van der Waals surface area (Å²) in [6.07, 6.45) is 4.05. The van der Waals surface area contributed by atoms with Crippen molar-refractivity contribution < 1.29 is 36.2 Å². The zero-order valence-electron chi connectivity index (χ0n) is 26.7. The number of aryl methyl sites for hydroxylation is 1. The number of anilines is 1. The summed E-state index contributed by atoms with van der Waals surface area (Å²) in [5.41, 5.74) is 0.258.